The highest BCUT2D eigenvalue weighted by Crippen LogP contribution is 2.40. The van der Waals surface area contributed by atoms with Crippen LogP contribution in [0.4, 0.5) is 0 Å². The second kappa shape index (κ2) is 8.31. The summed E-state index contributed by atoms with van der Waals surface area (Å²) in [5.41, 5.74) is 1.13. The van der Waals surface area contributed by atoms with Crippen LogP contribution in [-0.2, 0) is 15.8 Å². The van der Waals surface area contributed by atoms with Gasteiger partial charge in [-0.25, -0.2) is 0 Å². The first-order valence-electron chi connectivity index (χ1n) is 9.26. The van der Waals surface area contributed by atoms with Crippen molar-refractivity contribution >= 4 is 8.32 Å². The molecule has 25 heavy (non-hydrogen) atoms. The Morgan fingerprint density at radius 1 is 1.12 bits per heavy atom. The van der Waals surface area contributed by atoms with Gasteiger partial charge in [-0.1, -0.05) is 51.1 Å². The number of aliphatic hydroxyl groups is 2. The summed E-state index contributed by atoms with van der Waals surface area (Å²) in [6, 6.07) is 10.1. The molecule has 0 spiro atoms. The summed E-state index contributed by atoms with van der Waals surface area (Å²) >= 11 is 0. The number of ether oxygens (including phenoxy) is 1. The molecule has 1 aliphatic carbocycles. The maximum Gasteiger partial charge on any atom is 0.192 e. The van der Waals surface area contributed by atoms with Gasteiger partial charge >= 0.3 is 0 Å². The average molecular weight is 367 g/mol. The molecule has 4 atom stereocenters. The first-order chi connectivity index (χ1) is 11.6. The zero-order chi connectivity index (χ0) is 18.7. The molecule has 1 aliphatic rings. The van der Waals surface area contributed by atoms with Gasteiger partial charge in [0.25, 0.3) is 0 Å². The number of aliphatic hydroxyl groups excluding tert-OH is 2. The minimum Gasteiger partial charge on any atom is -0.413 e. The van der Waals surface area contributed by atoms with Crippen LogP contribution in [0.1, 0.15) is 39.2 Å². The lowest BCUT2D eigenvalue weighted by Crippen LogP contribution is -2.52. The zero-order valence-electron chi connectivity index (χ0n) is 16.2. The fourth-order valence-corrected chi connectivity index (χ4v) is 4.46. The van der Waals surface area contributed by atoms with Crippen molar-refractivity contribution in [2.75, 3.05) is 6.61 Å². The topological polar surface area (TPSA) is 58.9 Å². The molecule has 0 amide bonds. The molecule has 1 saturated carbocycles. The molecule has 1 aromatic carbocycles. The van der Waals surface area contributed by atoms with Crippen molar-refractivity contribution < 1.29 is 19.4 Å². The van der Waals surface area contributed by atoms with Gasteiger partial charge in [0.2, 0.25) is 0 Å². The molecule has 4 nitrogen and oxygen atoms in total. The number of benzene rings is 1. The monoisotopic (exact) mass is 366 g/mol. The Kier molecular flexibility index (Phi) is 6.85. The van der Waals surface area contributed by atoms with Crippen molar-refractivity contribution in [1.82, 2.24) is 0 Å². The minimum atomic E-state index is -1.97. The molecule has 2 rings (SSSR count). The molecule has 5 heteroatoms. The van der Waals surface area contributed by atoms with Gasteiger partial charge in [0.15, 0.2) is 8.32 Å². The van der Waals surface area contributed by atoms with Crippen LogP contribution in [-0.4, -0.2) is 43.4 Å². The van der Waals surface area contributed by atoms with E-state index in [2.05, 4.69) is 33.9 Å². The molecule has 0 aromatic heterocycles. The van der Waals surface area contributed by atoms with Crippen molar-refractivity contribution in [2.45, 2.75) is 76.7 Å². The van der Waals surface area contributed by atoms with Crippen molar-refractivity contribution in [2.24, 2.45) is 5.92 Å². The van der Waals surface area contributed by atoms with Gasteiger partial charge in [0.1, 0.15) is 0 Å². The summed E-state index contributed by atoms with van der Waals surface area (Å²) in [5, 5.41) is 20.4. The van der Waals surface area contributed by atoms with Gasteiger partial charge in [-0.2, -0.15) is 0 Å². The second-order valence-corrected chi connectivity index (χ2v) is 13.5. The third-order valence-corrected chi connectivity index (χ3v) is 10.3. The van der Waals surface area contributed by atoms with Crippen molar-refractivity contribution in [1.29, 1.82) is 0 Å². The maximum absolute atomic E-state index is 10.5. The number of hydrogen-bond acceptors (Lipinski definition) is 4. The van der Waals surface area contributed by atoms with Crippen LogP contribution in [0, 0.1) is 5.92 Å². The van der Waals surface area contributed by atoms with Gasteiger partial charge in [-0.05, 0) is 30.1 Å². The quantitative estimate of drug-likeness (QED) is 0.753. The van der Waals surface area contributed by atoms with Crippen LogP contribution in [0.25, 0.3) is 0 Å². The van der Waals surface area contributed by atoms with Gasteiger partial charge < -0.3 is 19.4 Å². The lowest BCUT2D eigenvalue weighted by atomic mass is 9.83. The molecular formula is C20H34O4Si. The molecule has 0 bridgehead atoms. The summed E-state index contributed by atoms with van der Waals surface area (Å²) in [4.78, 5) is 0. The van der Waals surface area contributed by atoms with Gasteiger partial charge in [-0.15, -0.1) is 0 Å². The van der Waals surface area contributed by atoms with Crippen molar-refractivity contribution in [3.05, 3.63) is 35.9 Å². The van der Waals surface area contributed by atoms with E-state index in [4.69, 9.17) is 9.16 Å². The SMILES string of the molecule is CC(C)(C)[Si](C)(C)O[C@H]1C[C@H](OCc2ccccc2)C[C@@H](O)[C@@H]1CO. The lowest BCUT2D eigenvalue weighted by molar-refractivity contribution is -0.106. The molecule has 0 unspecified atom stereocenters. The smallest absolute Gasteiger partial charge is 0.192 e. The molecule has 142 valence electrons. The van der Waals surface area contributed by atoms with E-state index in [0.717, 1.165) is 12.0 Å². The molecule has 1 fully saturated rings. The van der Waals surface area contributed by atoms with Crippen LogP contribution in [0.2, 0.25) is 18.1 Å². The van der Waals surface area contributed by atoms with E-state index in [-0.39, 0.29) is 29.8 Å². The maximum atomic E-state index is 10.5. The molecule has 0 saturated heterocycles. The lowest BCUT2D eigenvalue weighted by Gasteiger charge is -2.45. The van der Waals surface area contributed by atoms with Crippen molar-refractivity contribution in [3.63, 3.8) is 0 Å². The Labute approximate surface area is 153 Å². The van der Waals surface area contributed by atoms with E-state index >= 15 is 0 Å². The third kappa shape index (κ3) is 5.38. The van der Waals surface area contributed by atoms with E-state index in [1.807, 2.05) is 30.3 Å². The molecular weight excluding hydrogens is 332 g/mol. The minimum absolute atomic E-state index is 0.0484. The first kappa shape index (κ1) is 20.6. The fraction of sp³-hybridized carbons (Fsp3) is 0.700. The fourth-order valence-electron chi connectivity index (χ4n) is 3.08. The van der Waals surface area contributed by atoms with Crippen molar-refractivity contribution in [3.8, 4) is 0 Å². The normalized spacial score (nSPS) is 28.1. The summed E-state index contributed by atoms with van der Waals surface area (Å²) in [7, 11) is -1.97. The van der Waals surface area contributed by atoms with Crippen LogP contribution in [0.15, 0.2) is 30.3 Å². The predicted octanol–water partition coefficient (Wildman–Crippen LogP) is 3.73. The van der Waals surface area contributed by atoms with Gasteiger partial charge in [-0.3, -0.25) is 0 Å². The van der Waals surface area contributed by atoms with E-state index in [1.54, 1.807) is 0 Å². The Bertz CT molecular complexity index is 526. The molecule has 0 heterocycles. The summed E-state index contributed by atoms with van der Waals surface area (Å²) in [5.74, 6) is -0.231. The molecule has 0 radical (unpaired) electrons. The standard InChI is InChI=1S/C20H34O4Si/c1-20(2,3)25(4,5)24-19-12-16(11-18(22)17(19)13-21)23-14-15-9-7-6-8-10-15/h6-10,16-19,21-22H,11-14H2,1-5H3/t16-,17+,18-,19+/m1/s1. The zero-order valence-corrected chi connectivity index (χ0v) is 17.2. The highest BCUT2D eigenvalue weighted by molar-refractivity contribution is 6.74. The van der Waals surface area contributed by atoms with E-state index in [0.29, 0.717) is 13.0 Å². The van der Waals surface area contributed by atoms with Crippen LogP contribution in [0.3, 0.4) is 0 Å². The second-order valence-electron chi connectivity index (χ2n) is 8.72. The Hall–Kier alpha value is -0.723. The first-order valence-corrected chi connectivity index (χ1v) is 12.2. The third-order valence-electron chi connectivity index (χ3n) is 5.76. The average Bonchev–Trinajstić information content (AvgIpc) is 2.52. The van der Waals surface area contributed by atoms with E-state index in [1.165, 1.54) is 0 Å². The largest absolute Gasteiger partial charge is 0.413 e. The van der Waals surface area contributed by atoms with E-state index < -0.39 is 14.4 Å². The molecule has 0 aliphatic heterocycles. The van der Waals surface area contributed by atoms with Crippen LogP contribution < -0.4 is 0 Å². The Balaban J connectivity index is 2.03. The summed E-state index contributed by atoms with van der Waals surface area (Å²) in [6.07, 6.45) is 0.481. The van der Waals surface area contributed by atoms with Crippen LogP contribution >= 0.6 is 0 Å². The van der Waals surface area contributed by atoms with Gasteiger partial charge in [0, 0.05) is 12.3 Å². The number of hydrogen-bond donors (Lipinski definition) is 2. The number of rotatable bonds is 6. The Morgan fingerprint density at radius 2 is 1.76 bits per heavy atom. The highest BCUT2D eigenvalue weighted by Gasteiger charge is 2.44. The summed E-state index contributed by atoms with van der Waals surface area (Å²) < 4.78 is 12.6. The molecule has 1 aromatic rings. The van der Waals surface area contributed by atoms with Gasteiger partial charge in [0.05, 0.1) is 31.5 Å². The molecule has 2 N–H and O–H groups in total. The predicted molar refractivity (Wildman–Crippen MR) is 103 cm³/mol. The Morgan fingerprint density at radius 3 is 2.32 bits per heavy atom. The summed E-state index contributed by atoms with van der Waals surface area (Å²) in [6.45, 7) is 11.5. The van der Waals surface area contributed by atoms with E-state index in [9.17, 15) is 10.2 Å². The van der Waals surface area contributed by atoms with Crippen LogP contribution in [0.5, 0.6) is 0 Å². The highest BCUT2D eigenvalue weighted by atomic mass is 28.4.